The number of esters is 1. The largest absolute Gasteiger partial charge is 0.454 e. The third-order valence-electron chi connectivity index (χ3n) is 3.86. The van der Waals surface area contributed by atoms with E-state index in [2.05, 4.69) is 0 Å². The van der Waals surface area contributed by atoms with Crippen LogP contribution in [-0.4, -0.2) is 37.7 Å². The molecule has 2 aromatic carbocycles. The summed E-state index contributed by atoms with van der Waals surface area (Å²) in [6.07, 6.45) is 1.77. The van der Waals surface area contributed by atoms with E-state index in [1.54, 1.807) is 56.6 Å². The van der Waals surface area contributed by atoms with Crippen LogP contribution in [0.5, 0.6) is 11.5 Å². The number of halogens is 1. The topological polar surface area (TPSA) is 65.1 Å². The first kappa shape index (κ1) is 18.8. The van der Waals surface area contributed by atoms with Crippen molar-refractivity contribution >= 4 is 29.6 Å². The number of hydrogen-bond donors (Lipinski definition) is 0. The number of rotatable bonds is 5. The van der Waals surface area contributed by atoms with Crippen LogP contribution < -0.4 is 9.47 Å². The molecule has 0 aromatic heterocycles. The lowest BCUT2D eigenvalue weighted by atomic mass is 10.1. The summed E-state index contributed by atoms with van der Waals surface area (Å²) in [4.78, 5) is 26.1. The average molecular weight is 388 g/mol. The molecule has 0 saturated heterocycles. The Labute approximate surface area is 161 Å². The summed E-state index contributed by atoms with van der Waals surface area (Å²) in [5, 5.41) is 0.392. The van der Waals surface area contributed by atoms with Crippen LogP contribution in [-0.2, 0) is 14.3 Å². The highest BCUT2D eigenvalue weighted by molar-refractivity contribution is 6.32. The Morgan fingerprint density at radius 2 is 1.93 bits per heavy atom. The average Bonchev–Trinajstić information content (AvgIpc) is 3.14. The zero-order chi connectivity index (χ0) is 19.4. The summed E-state index contributed by atoms with van der Waals surface area (Å²) in [5.74, 6) is 0.0273. The van der Waals surface area contributed by atoms with Gasteiger partial charge in [-0.25, -0.2) is 4.79 Å². The lowest BCUT2D eigenvalue weighted by molar-refractivity contribution is -0.155. The van der Waals surface area contributed by atoms with E-state index in [1.165, 1.54) is 11.0 Å². The summed E-state index contributed by atoms with van der Waals surface area (Å²) in [6.45, 7) is 0.107. The molecule has 1 aliphatic heterocycles. The molecule has 0 aliphatic carbocycles. The van der Waals surface area contributed by atoms with Crippen molar-refractivity contribution in [3.63, 3.8) is 0 Å². The summed E-state index contributed by atoms with van der Waals surface area (Å²) in [5.41, 5.74) is 1.25. The lowest BCUT2D eigenvalue weighted by Gasteiger charge is -2.20. The molecule has 1 atom stereocenters. The van der Waals surface area contributed by atoms with Crippen LogP contribution in [0, 0.1) is 0 Å². The first-order valence-corrected chi connectivity index (χ1v) is 8.57. The number of fused-ring (bicyclic) bond motifs is 1. The molecule has 0 saturated carbocycles. The van der Waals surface area contributed by atoms with Gasteiger partial charge in [0.15, 0.2) is 11.5 Å². The van der Waals surface area contributed by atoms with Gasteiger partial charge in [0.2, 0.25) is 12.9 Å². The van der Waals surface area contributed by atoms with Gasteiger partial charge < -0.3 is 19.1 Å². The van der Waals surface area contributed by atoms with Crippen molar-refractivity contribution in [1.29, 1.82) is 0 Å². The minimum absolute atomic E-state index is 0.107. The first-order valence-electron chi connectivity index (χ1n) is 8.19. The van der Waals surface area contributed by atoms with Crippen molar-refractivity contribution in [2.75, 3.05) is 20.9 Å². The SMILES string of the molecule is CN(C)C(=O)[C@H](OC(=O)/C=C/c1cc(Cl)c2c(c1)OCO2)c1ccccc1. The third-order valence-corrected chi connectivity index (χ3v) is 4.14. The molecular formula is C20H18ClNO5. The fraction of sp³-hybridized carbons (Fsp3) is 0.200. The molecule has 1 aliphatic rings. The Kier molecular flexibility index (Phi) is 5.66. The van der Waals surface area contributed by atoms with E-state index < -0.39 is 12.1 Å². The van der Waals surface area contributed by atoms with Crippen molar-refractivity contribution in [2.24, 2.45) is 0 Å². The second kappa shape index (κ2) is 8.14. The lowest BCUT2D eigenvalue weighted by Crippen LogP contribution is -2.30. The molecule has 0 unspecified atom stereocenters. The molecule has 0 fully saturated rings. The monoisotopic (exact) mass is 387 g/mol. The Morgan fingerprint density at radius 3 is 2.63 bits per heavy atom. The highest BCUT2D eigenvalue weighted by Crippen LogP contribution is 2.40. The van der Waals surface area contributed by atoms with Gasteiger partial charge >= 0.3 is 5.97 Å². The number of likely N-dealkylation sites (N-methyl/N-ethyl adjacent to an activating group) is 1. The Hall–Kier alpha value is -2.99. The highest BCUT2D eigenvalue weighted by atomic mass is 35.5. The summed E-state index contributed by atoms with van der Waals surface area (Å²) in [6, 6.07) is 12.2. The molecule has 27 heavy (non-hydrogen) atoms. The standard InChI is InChI=1S/C20H18ClNO5/c1-22(2)20(24)18(14-6-4-3-5-7-14)27-17(23)9-8-13-10-15(21)19-16(11-13)25-12-26-19/h3-11,18H,12H2,1-2H3/b9-8+/t18-/m1/s1. The van der Waals surface area contributed by atoms with Crippen LogP contribution in [0.3, 0.4) is 0 Å². The summed E-state index contributed by atoms with van der Waals surface area (Å²) in [7, 11) is 3.22. The molecule has 0 N–H and O–H groups in total. The molecule has 1 heterocycles. The van der Waals surface area contributed by atoms with Crippen molar-refractivity contribution in [3.05, 3.63) is 64.7 Å². The molecule has 0 bridgehead atoms. The van der Waals surface area contributed by atoms with Crippen LogP contribution in [0.15, 0.2) is 48.5 Å². The zero-order valence-electron chi connectivity index (χ0n) is 14.8. The first-order chi connectivity index (χ1) is 13.0. The van der Waals surface area contributed by atoms with E-state index in [-0.39, 0.29) is 12.7 Å². The normalized spacial score (nSPS) is 13.4. The van der Waals surface area contributed by atoms with Crippen molar-refractivity contribution in [1.82, 2.24) is 4.90 Å². The van der Waals surface area contributed by atoms with E-state index in [9.17, 15) is 9.59 Å². The molecule has 7 heteroatoms. The van der Waals surface area contributed by atoms with Gasteiger partial charge in [-0.2, -0.15) is 0 Å². The molecular weight excluding hydrogens is 370 g/mol. The molecule has 2 aromatic rings. The van der Waals surface area contributed by atoms with Crippen LogP contribution >= 0.6 is 11.6 Å². The van der Waals surface area contributed by atoms with Crippen molar-refractivity contribution in [2.45, 2.75) is 6.10 Å². The molecule has 1 amide bonds. The number of nitrogens with zero attached hydrogens (tertiary/aromatic N) is 1. The number of amides is 1. The van der Waals surface area contributed by atoms with Gasteiger partial charge in [0.25, 0.3) is 5.91 Å². The van der Waals surface area contributed by atoms with Crippen LogP contribution in [0.4, 0.5) is 0 Å². The Bertz CT molecular complexity index is 879. The predicted octanol–water partition coefficient (Wildman–Crippen LogP) is 3.45. The predicted molar refractivity (Wildman–Crippen MR) is 101 cm³/mol. The van der Waals surface area contributed by atoms with E-state index in [4.69, 9.17) is 25.8 Å². The van der Waals surface area contributed by atoms with Gasteiger partial charge in [0, 0.05) is 25.7 Å². The van der Waals surface area contributed by atoms with Gasteiger partial charge in [-0.05, 0) is 23.8 Å². The minimum Gasteiger partial charge on any atom is -0.454 e. The van der Waals surface area contributed by atoms with Crippen LogP contribution in [0.1, 0.15) is 17.2 Å². The summed E-state index contributed by atoms with van der Waals surface area (Å²) >= 11 is 6.13. The van der Waals surface area contributed by atoms with Crippen molar-refractivity contribution in [3.8, 4) is 11.5 Å². The van der Waals surface area contributed by atoms with Crippen LogP contribution in [0.2, 0.25) is 5.02 Å². The number of ether oxygens (including phenoxy) is 3. The maximum absolute atomic E-state index is 12.4. The van der Waals surface area contributed by atoms with E-state index in [0.717, 1.165) is 0 Å². The summed E-state index contributed by atoms with van der Waals surface area (Å²) < 4.78 is 15.9. The highest BCUT2D eigenvalue weighted by Gasteiger charge is 2.25. The fourth-order valence-electron chi connectivity index (χ4n) is 2.53. The number of carbonyl (C=O) groups is 2. The molecule has 0 spiro atoms. The number of carbonyl (C=O) groups excluding carboxylic acids is 2. The Balaban J connectivity index is 1.75. The smallest absolute Gasteiger partial charge is 0.331 e. The number of benzene rings is 2. The molecule has 6 nitrogen and oxygen atoms in total. The molecule has 0 radical (unpaired) electrons. The van der Waals surface area contributed by atoms with E-state index in [0.29, 0.717) is 27.6 Å². The van der Waals surface area contributed by atoms with Crippen molar-refractivity contribution < 1.29 is 23.8 Å². The van der Waals surface area contributed by atoms with Gasteiger partial charge in [-0.3, -0.25) is 4.79 Å². The van der Waals surface area contributed by atoms with Gasteiger partial charge in [-0.1, -0.05) is 41.9 Å². The fourth-order valence-corrected chi connectivity index (χ4v) is 2.80. The second-order valence-corrected chi connectivity index (χ2v) is 6.44. The van der Waals surface area contributed by atoms with Gasteiger partial charge in [0.05, 0.1) is 5.02 Å². The third kappa shape index (κ3) is 4.41. The van der Waals surface area contributed by atoms with Gasteiger partial charge in [-0.15, -0.1) is 0 Å². The van der Waals surface area contributed by atoms with E-state index >= 15 is 0 Å². The molecule has 3 rings (SSSR count). The zero-order valence-corrected chi connectivity index (χ0v) is 15.6. The van der Waals surface area contributed by atoms with Gasteiger partial charge in [0.1, 0.15) is 0 Å². The number of hydrogen-bond acceptors (Lipinski definition) is 5. The minimum atomic E-state index is -1.02. The maximum atomic E-state index is 12.4. The Morgan fingerprint density at radius 1 is 1.19 bits per heavy atom. The molecule has 140 valence electrons. The quantitative estimate of drug-likeness (QED) is 0.580. The maximum Gasteiger partial charge on any atom is 0.331 e. The van der Waals surface area contributed by atoms with E-state index in [1.807, 2.05) is 6.07 Å². The second-order valence-electron chi connectivity index (χ2n) is 6.03. The van der Waals surface area contributed by atoms with Crippen LogP contribution in [0.25, 0.3) is 6.08 Å².